The van der Waals surface area contributed by atoms with Crippen molar-refractivity contribution >= 4 is 11.7 Å². The van der Waals surface area contributed by atoms with Gasteiger partial charge in [0.15, 0.2) is 0 Å². The van der Waals surface area contributed by atoms with Crippen LogP contribution in [-0.4, -0.2) is 17.7 Å². The van der Waals surface area contributed by atoms with Gasteiger partial charge in [0.05, 0.1) is 6.54 Å². The third-order valence-corrected chi connectivity index (χ3v) is 3.51. The van der Waals surface area contributed by atoms with E-state index in [0.717, 1.165) is 0 Å². The SMILES string of the molecule is Cc1ccc(F)cc1NC(=O)NCC(C)(O)c1ccc(F)cc1. The third kappa shape index (κ3) is 4.50. The second kappa shape index (κ2) is 6.75. The Kier molecular flexibility index (Phi) is 4.95. The number of urea groups is 1. The smallest absolute Gasteiger partial charge is 0.319 e. The summed E-state index contributed by atoms with van der Waals surface area (Å²) in [7, 11) is 0. The fourth-order valence-corrected chi connectivity index (χ4v) is 2.06. The first-order chi connectivity index (χ1) is 10.8. The van der Waals surface area contributed by atoms with E-state index in [2.05, 4.69) is 10.6 Å². The Morgan fingerprint density at radius 2 is 1.74 bits per heavy atom. The second-order valence-corrected chi connectivity index (χ2v) is 5.55. The monoisotopic (exact) mass is 320 g/mol. The molecule has 0 heterocycles. The zero-order valence-electron chi connectivity index (χ0n) is 12.9. The molecule has 23 heavy (non-hydrogen) atoms. The second-order valence-electron chi connectivity index (χ2n) is 5.55. The van der Waals surface area contributed by atoms with Crippen molar-refractivity contribution in [3.63, 3.8) is 0 Å². The molecule has 0 aliphatic heterocycles. The number of halogens is 2. The van der Waals surface area contributed by atoms with Crippen LogP contribution >= 0.6 is 0 Å². The first-order valence-corrected chi connectivity index (χ1v) is 7.07. The summed E-state index contributed by atoms with van der Waals surface area (Å²) in [4.78, 5) is 11.9. The lowest BCUT2D eigenvalue weighted by atomic mass is 9.96. The number of anilines is 1. The van der Waals surface area contributed by atoms with Crippen molar-refractivity contribution in [2.24, 2.45) is 0 Å². The summed E-state index contributed by atoms with van der Waals surface area (Å²) >= 11 is 0. The number of hydrogen-bond acceptors (Lipinski definition) is 2. The molecule has 4 nitrogen and oxygen atoms in total. The molecule has 2 aromatic carbocycles. The minimum atomic E-state index is -1.36. The highest BCUT2D eigenvalue weighted by molar-refractivity contribution is 5.90. The van der Waals surface area contributed by atoms with Gasteiger partial charge in [0.2, 0.25) is 0 Å². The molecule has 0 saturated heterocycles. The number of aryl methyl sites for hydroxylation is 1. The molecule has 0 saturated carbocycles. The van der Waals surface area contributed by atoms with Gasteiger partial charge in [-0.1, -0.05) is 18.2 Å². The molecule has 1 atom stereocenters. The maximum atomic E-state index is 13.2. The maximum absolute atomic E-state index is 13.2. The number of rotatable bonds is 4. The van der Waals surface area contributed by atoms with E-state index in [1.165, 1.54) is 43.3 Å². The molecule has 0 aliphatic carbocycles. The highest BCUT2D eigenvalue weighted by Gasteiger charge is 2.23. The van der Waals surface area contributed by atoms with Crippen LogP contribution in [-0.2, 0) is 5.60 Å². The molecule has 0 bridgehead atoms. The molecule has 0 aromatic heterocycles. The van der Waals surface area contributed by atoms with Gasteiger partial charge in [0.1, 0.15) is 17.2 Å². The summed E-state index contributed by atoms with van der Waals surface area (Å²) < 4.78 is 26.1. The van der Waals surface area contributed by atoms with E-state index in [9.17, 15) is 18.7 Å². The van der Waals surface area contributed by atoms with Crippen molar-refractivity contribution in [3.05, 3.63) is 65.2 Å². The quantitative estimate of drug-likeness (QED) is 0.809. The number of carbonyl (C=O) groups excluding carboxylic acids is 1. The van der Waals surface area contributed by atoms with Gasteiger partial charge in [-0.2, -0.15) is 0 Å². The van der Waals surface area contributed by atoms with Crippen LogP contribution in [0.1, 0.15) is 18.1 Å². The molecule has 2 rings (SSSR count). The van der Waals surface area contributed by atoms with E-state index in [1.54, 1.807) is 13.0 Å². The van der Waals surface area contributed by atoms with Gasteiger partial charge in [-0.15, -0.1) is 0 Å². The fraction of sp³-hybridized carbons (Fsp3) is 0.235. The fourth-order valence-electron chi connectivity index (χ4n) is 2.06. The highest BCUT2D eigenvalue weighted by atomic mass is 19.1. The first kappa shape index (κ1) is 16.9. The zero-order valence-corrected chi connectivity index (χ0v) is 12.9. The number of amides is 2. The summed E-state index contributed by atoms with van der Waals surface area (Å²) in [5.41, 5.74) is 0.180. The highest BCUT2D eigenvalue weighted by Crippen LogP contribution is 2.20. The van der Waals surface area contributed by atoms with E-state index < -0.39 is 23.3 Å². The molecule has 122 valence electrons. The predicted molar refractivity (Wildman–Crippen MR) is 84.1 cm³/mol. The molecule has 0 spiro atoms. The minimum absolute atomic E-state index is 0.0845. The lowest BCUT2D eigenvalue weighted by Gasteiger charge is -2.24. The molecule has 2 amide bonds. The van der Waals surface area contributed by atoms with Crippen molar-refractivity contribution in [3.8, 4) is 0 Å². The van der Waals surface area contributed by atoms with E-state index >= 15 is 0 Å². The third-order valence-electron chi connectivity index (χ3n) is 3.51. The molecule has 2 aromatic rings. The largest absolute Gasteiger partial charge is 0.384 e. The topological polar surface area (TPSA) is 61.4 Å². The van der Waals surface area contributed by atoms with Gasteiger partial charge < -0.3 is 15.7 Å². The molecule has 1 unspecified atom stereocenters. The van der Waals surface area contributed by atoms with Crippen LogP contribution in [0.4, 0.5) is 19.3 Å². The number of hydrogen-bond donors (Lipinski definition) is 3. The Morgan fingerprint density at radius 3 is 2.39 bits per heavy atom. The Morgan fingerprint density at radius 1 is 1.13 bits per heavy atom. The van der Waals surface area contributed by atoms with Crippen LogP contribution in [0.15, 0.2) is 42.5 Å². The Bertz CT molecular complexity index is 700. The van der Waals surface area contributed by atoms with E-state index in [1.807, 2.05) is 0 Å². The summed E-state index contributed by atoms with van der Waals surface area (Å²) in [6.45, 7) is 3.16. The molecule has 0 radical (unpaired) electrons. The standard InChI is InChI=1S/C17H18F2N2O2/c1-11-3-6-14(19)9-15(11)21-16(22)20-10-17(2,23)12-4-7-13(18)8-5-12/h3-9,23H,10H2,1-2H3,(H2,20,21,22). The first-order valence-electron chi connectivity index (χ1n) is 7.07. The van der Waals surface area contributed by atoms with Gasteiger partial charge >= 0.3 is 6.03 Å². The maximum Gasteiger partial charge on any atom is 0.319 e. The van der Waals surface area contributed by atoms with Gasteiger partial charge in [0.25, 0.3) is 0 Å². The molecular weight excluding hydrogens is 302 g/mol. The van der Waals surface area contributed by atoms with Crippen LogP contribution < -0.4 is 10.6 Å². The minimum Gasteiger partial charge on any atom is -0.384 e. The molecule has 0 fully saturated rings. The van der Waals surface area contributed by atoms with Gasteiger partial charge in [0, 0.05) is 5.69 Å². The lowest BCUT2D eigenvalue weighted by molar-refractivity contribution is 0.0599. The normalized spacial score (nSPS) is 13.3. The van der Waals surface area contributed by atoms with Crippen LogP contribution in [0.25, 0.3) is 0 Å². The van der Waals surface area contributed by atoms with Crippen molar-refractivity contribution < 1.29 is 18.7 Å². The average molecular weight is 320 g/mol. The summed E-state index contributed by atoms with van der Waals surface area (Å²) in [6, 6.07) is 8.88. The van der Waals surface area contributed by atoms with Crippen molar-refractivity contribution in [2.75, 3.05) is 11.9 Å². The number of nitrogens with one attached hydrogen (secondary N) is 2. The summed E-state index contributed by atoms with van der Waals surface area (Å²) in [5.74, 6) is -0.860. The Labute approximate surface area is 133 Å². The predicted octanol–water partition coefficient (Wildman–Crippen LogP) is 3.30. The molecule has 6 heteroatoms. The molecule has 0 aliphatic rings. The zero-order chi connectivity index (χ0) is 17.0. The number of carbonyl (C=O) groups is 1. The Hall–Kier alpha value is -2.47. The van der Waals surface area contributed by atoms with Crippen molar-refractivity contribution in [1.82, 2.24) is 5.32 Å². The van der Waals surface area contributed by atoms with Crippen LogP contribution in [0.5, 0.6) is 0 Å². The Balaban J connectivity index is 1.98. The van der Waals surface area contributed by atoms with Gasteiger partial charge in [-0.3, -0.25) is 0 Å². The number of aliphatic hydroxyl groups is 1. The summed E-state index contributed by atoms with van der Waals surface area (Å²) in [6.07, 6.45) is 0. The van der Waals surface area contributed by atoms with Gasteiger partial charge in [-0.25, -0.2) is 13.6 Å². The lowest BCUT2D eigenvalue weighted by Crippen LogP contribution is -2.40. The average Bonchev–Trinajstić information content (AvgIpc) is 2.49. The van der Waals surface area contributed by atoms with Crippen LogP contribution in [0.3, 0.4) is 0 Å². The van der Waals surface area contributed by atoms with E-state index in [4.69, 9.17) is 0 Å². The van der Waals surface area contributed by atoms with Crippen molar-refractivity contribution in [1.29, 1.82) is 0 Å². The van der Waals surface area contributed by atoms with Gasteiger partial charge in [-0.05, 0) is 49.2 Å². The van der Waals surface area contributed by atoms with Crippen LogP contribution in [0.2, 0.25) is 0 Å². The number of benzene rings is 2. The van der Waals surface area contributed by atoms with E-state index in [-0.39, 0.29) is 6.54 Å². The van der Waals surface area contributed by atoms with Crippen LogP contribution in [0, 0.1) is 18.6 Å². The summed E-state index contributed by atoms with van der Waals surface area (Å²) in [5, 5.41) is 15.4. The molecular formula is C17H18F2N2O2. The molecule has 3 N–H and O–H groups in total. The van der Waals surface area contributed by atoms with E-state index in [0.29, 0.717) is 16.8 Å². The van der Waals surface area contributed by atoms with Crippen molar-refractivity contribution in [2.45, 2.75) is 19.4 Å².